The molecule has 4 N–H and O–H groups in total. The van der Waals surface area contributed by atoms with Gasteiger partial charge in [-0.05, 0) is 18.2 Å². The second-order valence-corrected chi connectivity index (χ2v) is 6.85. The number of aromatic nitrogens is 1. The zero-order chi connectivity index (χ0) is 14.9. The van der Waals surface area contributed by atoms with E-state index in [1.165, 1.54) is 24.4 Å². The molecule has 0 atom stereocenters. The van der Waals surface area contributed by atoms with Crippen molar-refractivity contribution in [1.29, 1.82) is 0 Å². The molecular formula is C11H10Cl3N3O2S. The van der Waals surface area contributed by atoms with Gasteiger partial charge in [-0.15, -0.1) is 0 Å². The van der Waals surface area contributed by atoms with Gasteiger partial charge in [0, 0.05) is 23.5 Å². The van der Waals surface area contributed by atoms with E-state index in [9.17, 15) is 8.42 Å². The zero-order valence-corrected chi connectivity index (χ0v) is 13.0. The van der Waals surface area contributed by atoms with Crippen molar-refractivity contribution < 1.29 is 8.42 Å². The van der Waals surface area contributed by atoms with Gasteiger partial charge in [0.25, 0.3) is 10.0 Å². The van der Waals surface area contributed by atoms with E-state index < -0.39 is 10.0 Å². The number of benzene rings is 1. The van der Waals surface area contributed by atoms with Gasteiger partial charge in [-0.25, -0.2) is 8.42 Å². The van der Waals surface area contributed by atoms with Crippen LogP contribution in [-0.4, -0.2) is 13.4 Å². The first-order valence-electron chi connectivity index (χ1n) is 5.38. The predicted octanol–water partition coefficient (Wildman–Crippen LogP) is 3.23. The minimum absolute atomic E-state index is 0.0417. The molecule has 2 rings (SSSR count). The standard InChI is InChI=1S/C11H10Cl3N3O2S/c12-6-1-9(13)11(10(14)2-6)17-20(18,19)8-3-7(4-15)16-5-8/h1-3,5,16-17H,4,15H2. The lowest BCUT2D eigenvalue weighted by molar-refractivity contribution is 0.601. The van der Waals surface area contributed by atoms with Crippen LogP contribution >= 0.6 is 34.8 Å². The number of nitrogens with two attached hydrogens (primary N) is 1. The summed E-state index contributed by atoms with van der Waals surface area (Å²) >= 11 is 17.6. The van der Waals surface area contributed by atoms with Crippen molar-refractivity contribution in [2.24, 2.45) is 5.73 Å². The van der Waals surface area contributed by atoms with E-state index in [-0.39, 0.29) is 27.2 Å². The molecule has 108 valence electrons. The number of hydrogen-bond acceptors (Lipinski definition) is 3. The summed E-state index contributed by atoms with van der Waals surface area (Å²) in [5.74, 6) is 0. The third-order valence-electron chi connectivity index (χ3n) is 2.49. The van der Waals surface area contributed by atoms with E-state index in [1.54, 1.807) is 0 Å². The Morgan fingerprint density at radius 3 is 2.25 bits per heavy atom. The highest BCUT2D eigenvalue weighted by atomic mass is 35.5. The minimum atomic E-state index is -3.81. The minimum Gasteiger partial charge on any atom is -0.363 e. The summed E-state index contributed by atoms with van der Waals surface area (Å²) in [4.78, 5) is 2.80. The summed E-state index contributed by atoms with van der Waals surface area (Å²) in [6.07, 6.45) is 1.34. The molecule has 0 amide bonds. The molecule has 5 nitrogen and oxygen atoms in total. The lowest BCUT2D eigenvalue weighted by Crippen LogP contribution is -2.13. The van der Waals surface area contributed by atoms with Gasteiger partial charge >= 0.3 is 0 Å². The van der Waals surface area contributed by atoms with Gasteiger partial charge in [0.15, 0.2) is 0 Å². The SMILES string of the molecule is NCc1cc(S(=O)(=O)Nc2c(Cl)cc(Cl)cc2Cl)c[nH]1. The maximum absolute atomic E-state index is 12.2. The Balaban J connectivity index is 2.38. The van der Waals surface area contributed by atoms with E-state index in [2.05, 4.69) is 9.71 Å². The summed E-state index contributed by atoms with van der Waals surface area (Å²) in [6.45, 7) is 0.206. The van der Waals surface area contributed by atoms with Crippen LogP contribution in [0.1, 0.15) is 5.69 Å². The van der Waals surface area contributed by atoms with Gasteiger partial charge in [-0.3, -0.25) is 4.72 Å². The molecule has 0 saturated heterocycles. The van der Waals surface area contributed by atoms with Crippen LogP contribution < -0.4 is 10.5 Å². The quantitative estimate of drug-likeness (QED) is 0.787. The van der Waals surface area contributed by atoms with Crippen molar-refractivity contribution in [2.45, 2.75) is 11.4 Å². The number of aromatic amines is 1. The third-order valence-corrected chi connectivity index (χ3v) is 4.63. The van der Waals surface area contributed by atoms with Crippen molar-refractivity contribution in [3.05, 3.63) is 45.2 Å². The van der Waals surface area contributed by atoms with Crippen LogP contribution in [0, 0.1) is 0 Å². The molecule has 0 radical (unpaired) electrons. The van der Waals surface area contributed by atoms with Gasteiger partial charge in [-0.2, -0.15) is 0 Å². The fourth-order valence-corrected chi connectivity index (χ4v) is 3.67. The summed E-state index contributed by atoms with van der Waals surface area (Å²) in [7, 11) is -3.81. The van der Waals surface area contributed by atoms with Crippen LogP contribution in [-0.2, 0) is 16.6 Å². The number of rotatable bonds is 4. The highest BCUT2D eigenvalue weighted by Crippen LogP contribution is 2.35. The van der Waals surface area contributed by atoms with Gasteiger partial charge in [0.2, 0.25) is 0 Å². The predicted molar refractivity (Wildman–Crippen MR) is 81.0 cm³/mol. The lowest BCUT2D eigenvalue weighted by atomic mass is 10.3. The molecule has 0 spiro atoms. The number of halogens is 3. The molecule has 0 saturated carbocycles. The smallest absolute Gasteiger partial charge is 0.263 e. The largest absolute Gasteiger partial charge is 0.363 e. The third kappa shape index (κ3) is 3.21. The van der Waals surface area contributed by atoms with E-state index in [4.69, 9.17) is 40.5 Å². The number of sulfonamides is 1. The molecule has 9 heteroatoms. The molecule has 0 unspecified atom stereocenters. The number of nitrogens with one attached hydrogen (secondary N) is 2. The lowest BCUT2D eigenvalue weighted by Gasteiger charge is -2.10. The first kappa shape index (κ1) is 15.5. The van der Waals surface area contributed by atoms with Gasteiger partial charge in [0.1, 0.15) is 4.90 Å². The van der Waals surface area contributed by atoms with Gasteiger partial charge in [0.05, 0.1) is 15.7 Å². The van der Waals surface area contributed by atoms with Gasteiger partial charge in [-0.1, -0.05) is 34.8 Å². The highest BCUT2D eigenvalue weighted by molar-refractivity contribution is 7.92. The summed E-state index contributed by atoms with van der Waals surface area (Å²) in [6, 6.07) is 4.23. The first-order valence-corrected chi connectivity index (χ1v) is 8.00. The van der Waals surface area contributed by atoms with Crippen molar-refractivity contribution in [3.63, 3.8) is 0 Å². The van der Waals surface area contributed by atoms with Crippen LogP contribution in [0.4, 0.5) is 5.69 Å². The average molecular weight is 355 g/mol. The summed E-state index contributed by atoms with van der Waals surface area (Å²) < 4.78 is 26.7. The normalized spacial score (nSPS) is 11.6. The molecule has 1 aromatic heterocycles. The van der Waals surface area contributed by atoms with Crippen LogP contribution in [0.2, 0.25) is 15.1 Å². The Bertz CT molecular complexity index is 720. The van der Waals surface area contributed by atoms with Crippen molar-refractivity contribution in [1.82, 2.24) is 4.98 Å². The monoisotopic (exact) mass is 353 g/mol. The van der Waals surface area contributed by atoms with E-state index in [1.807, 2.05) is 0 Å². The maximum atomic E-state index is 12.2. The Morgan fingerprint density at radius 2 is 1.75 bits per heavy atom. The number of hydrogen-bond donors (Lipinski definition) is 3. The zero-order valence-electron chi connectivity index (χ0n) is 9.95. The highest BCUT2D eigenvalue weighted by Gasteiger charge is 2.19. The molecule has 0 aliphatic carbocycles. The molecule has 20 heavy (non-hydrogen) atoms. The maximum Gasteiger partial charge on any atom is 0.263 e. The Labute approximate surface area is 131 Å². The Morgan fingerprint density at radius 1 is 1.15 bits per heavy atom. The fraction of sp³-hybridized carbons (Fsp3) is 0.0909. The average Bonchev–Trinajstić information content (AvgIpc) is 2.83. The van der Waals surface area contributed by atoms with Gasteiger partial charge < -0.3 is 10.7 Å². The first-order chi connectivity index (χ1) is 9.33. The summed E-state index contributed by atoms with van der Waals surface area (Å²) in [5, 5.41) is 0.538. The van der Waals surface area contributed by atoms with Crippen LogP contribution in [0.5, 0.6) is 0 Å². The molecule has 0 fully saturated rings. The molecule has 0 aliphatic rings. The Kier molecular flexibility index (Phi) is 4.51. The Hall–Kier alpha value is -0.920. The van der Waals surface area contributed by atoms with Crippen LogP contribution in [0.25, 0.3) is 0 Å². The van der Waals surface area contributed by atoms with E-state index >= 15 is 0 Å². The fourth-order valence-electron chi connectivity index (χ4n) is 1.52. The van der Waals surface area contributed by atoms with Crippen LogP contribution in [0.15, 0.2) is 29.3 Å². The van der Waals surface area contributed by atoms with E-state index in [0.29, 0.717) is 10.7 Å². The molecule has 0 aliphatic heterocycles. The van der Waals surface area contributed by atoms with Crippen LogP contribution in [0.3, 0.4) is 0 Å². The molecule has 1 heterocycles. The molecule has 0 bridgehead atoms. The van der Waals surface area contributed by atoms with Crippen molar-refractivity contribution in [2.75, 3.05) is 4.72 Å². The van der Waals surface area contributed by atoms with Crippen molar-refractivity contribution >= 4 is 50.5 Å². The topological polar surface area (TPSA) is 88.0 Å². The molecule has 2 aromatic rings. The molecule has 1 aromatic carbocycles. The summed E-state index contributed by atoms with van der Waals surface area (Å²) in [5.41, 5.74) is 6.09. The molecular weight excluding hydrogens is 345 g/mol. The second kappa shape index (κ2) is 5.83. The van der Waals surface area contributed by atoms with Crippen molar-refractivity contribution in [3.8, 4) is 0 Å². The second-order valence-electron chi connectivity index (χ2n) is 3.91. The van der Waals surface area contributed by atoms with E-state index in [0.717, 1.165) is 0 Å². The number of H-pyrrole nitrogens is 1. The number of anilines is 1.